The van der Waals surface area contributed by atoms with Gasteiger partial charge in [0.2, 0.25) is 0 Å². The molecule has 162 valence electrons. The first-order valence-corrected chi connectivity index (χ1v) is 9.41. The number of carbonyl (C=O) groups excluding carboxylic acids is 1. The molecule has 31 heavy (non-hydrogen) atoms. The first kappa shape index (κ1) is 20.8. The first-order chi connectivity index (χ1) is 14.7. The molecule has 8 nitrogen and oxygen atoms in total. The van der Waals surface area contributed by atoms with Crippen LogP contribution in [-0.4, -0.2) is 49.3 Å². The van der Waals surface area contributed by atoms with Crippen LogP contribution in [0.25, 0.3) is 22.6 Å². The number of aryl methyl sites for hydroxylation is 1. The lowest BCUT2D eigenvalue weighted by atomic mass is 9.89. The minimum Gasteiger partial charge on any atom is -0.406 e. The number of alkyl halides is 3. The van der Waals surface area contributed by atoms with Crippen LogP contribution in [0.4, 0.5) is 13.2 Å². The van der Waals surface area contributed by atoms with Crippen molar-refractivity contribution in [2.75, 3.05) is 0 Å². The molecule has 0 aliphatic heterocycles. The zero-order valence-electron chi connectivity index (χ0n) is 16.3. The van der Waals surface area contributed by atoms with Gasteiger partial charge in [-0.2, -0.15) is 5.10 Å². The monoisotopic (exact) mass is 433 g/mol. The molecule has 0 radical (unpaired) electrons. The predicted molar refractivity (Wildman–Crippen MR) is 103 cm³/mol. The van der Waals surface area contributed by atoms with Gasteiger partial charge in [0.1, 0.15) is 11.4 Å². The molecule has 0 saturated heterocycles. The van der Waals surface area contributed by atoms with Crippen LogP contribution in [0, 0.1) is 0 Å². The lowest BCUT2D eigenvalue weighted by molar-refractivity contribution is -0.274. The van der Waals surface area contributed by atoms with Crippen molar-refractivity contribution in [2.24, 2.45) is 7.05 Å². The summed E-state index contributed by atoms with van der Waals surface area (Å²) in [5.41, 5.74) is 1.45. The number of nitrogens with one attached hydrogen (secondary N) is 1. The van der Waals surface area contributed by atoms with Crippen molar-refractivity contribution in [2.45, 2.75) is 31.3 Å². The fourth-order valence-corrected chi connectivity index (χ4v) is 3.10. The molecule has 0 bridgehead atoms. The number of nitrogens with zero attached hydrogens (tertiary/aromatic N) is 4. The smallest absolute Gasteiger partial charge is 0.406 e. The Hall–Kier alpha value is -3.47. The molecule has 1 fully saturated rings. The number of benzene rings is 1. The Morgan fingerprint density at radius 1 is 1.19 bits per heavy atom. The minimum atomic E-state index is -4.79. The second kappa shape index (κ2) is 7.99. The van der Waals surface area contributed by atoms with E-state index in [1.165, 1.54) is 36.5 Å². The van der Waals surface area contributed by atoms with Crippen LogP contribution in [0.3, 0.4) is 0 Å². The van der Waals surface area contributed by atoms with Gasteiger partial charge in [0.05, 0.1) is 29.6 Å². The third kappa shape index (κ3) is 4.82. The van der Waals surface area contributed by atoms with Crippen molar-refractivity contribution in [3.8, 4) is 28.4 Å². The van der Waals surface area contributed by atoms with Gasteiger partial charge in [-0.15, -0.1) is 13.2 Å². The molecule has 1 aromatic carbocycles. The maximum Gasteiger partial charge on any atom is 0.573 e. The van der Waals surface area contributed by atoms with E-state index in [0.29, 0.717) is 29.7 Å². The highest BCUT2D eigenvalue weighted by Crippen LogP contribution is 2.27. The molecule has 0 spiro atoms. The van der Waals surface area contributed by atoms with Gasteiger partial charge in [-0.3, -0.25) is 9.48 Å². The molecule has 0 unspecified atom stereocenters. The summed E-state index contributed by atoms with van der Waals surface area (Å²) in [5.74, 6) is -0.607. The molecule has 1 amide bonds. The molecule has 2 atom stereocenters. The van der Waals surface area contributed by atoms with E-state index in [1.54, 1.807) is 17.9 Å². The van der Waals surface area contributed by atoms with Crippen molar-refractivity contribution >= 4 is 5.91 Å². The van der Waals surface area contributed by atoms with Crippen molar-refractivity contribution in [1.29, 1.82) is 0 Å². The molecule has 11 heteroatoms. The summed E-state index contributed by atoms with van der Waals surface area (Å²) < 4.78 is 42.7. The summed E-state index contributed by atoms with van der Waals surface area (Å²) in [6.45, 7) is 0. The highest BCUT2D eigenvalue weighted by Gasteiger charge is 2.32. The fraction of sp³-hybridized carbons (Fsp3) is 0.300. The second-order valence-electron chi connectivity index (χ2n) is 7.16. The summed E-state index contributed by atoms with van der Waals surface area (Å²) in [5, 5.41) is 16.5. The van der Waals surface area contributed by atoms with Crippen molar-refractivity contribution in [3.05, 3.63) is 48.4 Å². The summed E-state index contributed by atoms with van der Waals surface area (Å²) >= 11 is 0. The lowest BCUT2D eigenvalue weighted by Crippen LogP contribution is -2.50. The molecule has 2 N–H and O–H groups in total. The van der Waals surface area contributed by atoms with Gasteiger partial charge >= 0.3 is 6.36 Å². The SMILES string of the molecule is Cn1cc(-c2nc(C(=O)N[C@H]3CC[C@@H]3O)cc(-c3ccc(OC(F)(F)F)cc3)n2)cn1. The van der Waals surface area contributed by atoms with Gasteiger partial charge < -0.3 is 15.2 Å². The maximum atomic E-state index is 12.7. The van der Waals surface area contributed by atoms with E-state index in [2.05, 4.69) is 25.1 Å². The van der Waals surface area contributed by atoms with Crippen molar-refractivity contribution in [1.82, 2.24) is 25.1 Å². The van der Waals surface area contributed by atoms with Crippen LogP contribution in [0.1, 0.15) is 23.3 Å². The zero-order valence-corrected chi connectivity index (χ0v) is 16.3. The maximum absolute atomic E-state index is 12.7. The first-order valence-electron chi connectivity index (χ1n) is 9.41. The van der Waals surface area contributed by atoms with Gasteiger partial charge in [0.25, 0.3) is 5.91 Å². The topological polar surface area (TPSA) is 102 Å². The van der Waals surface area contributed by atoms with E-state index in [-0.39, 0.29) is 23.3 Å². The normalized spacial score (nSPS) is 18.4. The zero-order chi connectivity index (χ0) is 22.2. The van der Waals surface area contributed by atoms with E-state index in [1.807, 2.05) is 0 Å². The van der Waals surface area contributed by atoms with E-state index < -0.39 is 18.4 Å². The summed E-state index contributed by atoms with van der Waals surface area (Å²) in [4.78, 5) is 21.5. The number of hydrogen-bond acceptors (Lipinski definition) is 6. The van der Waals surface area contributed by atoms with Crippen molar-refractivity contribution < 1.29 is 27.8 Å². The largest absolute Gasteiger partial charge is 0.573 e. The summed E-state index contributed by atoms with van der Waals surface area (Å²) in [7, 11) is 1.72. The van der Waals surface area contributed by atoms with Crippen LogP contribution in [0.15, 0.2) is 42.7 Å². The fourth-order valence-electron chi connectivity index (χ4n) is 3.10. The highest BCUT2D eigenvalue weighted by atomic mass is 19.4. The molecule has 2 heterocycles. The van der Waals surface area contributed by atoms with Gasteiger partial charge in [0.15, 0.2) is 5.82 Å². The van der Waals surface area contributed by atoms with E-state index in [9.17, 15) is 23.1 Å². The van der Waals surface area contributed by atoms with E-state index >= 15 is 0 Å². The average Bonchev–Trinajstić information content (AvgIpc) is 3.16. The van der Waals surface area contributed by atoms with Gasteiger partial charge in [-0.1, -0.05) is 0 Å². The molecular weight excluding hydrogens is 415 g/mol. The van der Waals surface area contributed by atoms with Crippen LogP contribution >= 0.6 is 0 Å². The Labute approximate surface area is 174 Å². The molecule has 1 saturated carbocycles. The number of halogens is 3. The molecular formula is C20H18F3N5O3. The third-order valence-corrected chi connectivity index (χ3v) is 4.86. The van der Waals surface area contributed by atoms with Crippen LogP contribution in [0.5, 0.6) is 5.75 Å². The predicted octanol–water partition coefficient (Wildman–Crippen LogP) is 2.70. The van der Waals surface area contributed by atoms with E-state index in [4.69, 9.17) is 0 Å². The number of aliphatic hydroxyl groups is 1. The number of hydrogen-bond donors (Lipinski definition) is 2. The average molecular weight is 433 g/mol. The quantitative estimate of drug-likeness (QED) is 0.642. The number of carbonyl (C=O) groups is 1. The molecule has 4 rings (SSSR count). The minimum absolute atomic E-state index is 0.0681. The highest BCUT2D eigenvalue weighted by molar-refractivity contribution is 5.94. The van der Waals surface area contributed by atoms with Crippen LogP contribution in [0.2, 0.25) is 0 Å². The molecule has 1 aliphatic rings. The Balaban J connectivity index is 1.68. The second-order valence-corrected chi connectivity index (χ2v) is 7.16. The summed E-state index contributed by atoms with van der Waals surface area (Å²) in [6.07, 6.45) is -0.882. The Bertz CT molecular complexity index is 1100. The van der Waals surface area contributed by atoms with Gasteiger partial charge in [-0.05, 0) is 43.2 Å². The Kier molecular flexibility index (Phi) is 5.36. The third-order valence-electron chi connectivity index (χ3n) is 4.86. The van der Waals surface area contributed by atoms with Crippen LogP contribution in [-0.2, 0) is 7.05 Å². The Morgan fingerprint density at radius 2 is 1.94 bits per heavy atom. The number of rotatable bonds is 5. The molecule has 2 aromatic heterocycles. The standard InChI is InChI=1S/C20H18F3N5O3/c1-28-10-12(9-24-28)18-25-15(11-2-4-13(5-3-11)31-20(21,22)23)8-16(26-18)19(30)27-14-6-7-17(14)29/h2-5,8-10,14,17,29H,6-7H2,1H3,(H,27,30)/t14-,17-/m0/s1. The molecule has 3 aromatic rings. The summed E-state index contributed by atoms with van der Waals surface area (Å²) in [6, 6.07) is 6.26. The number of amides is 1. The number of aromatic nitrogens is 4. The van der Waals surface area contributed by atoms with Crippen LogP contribution < -0.4 is 10.1 Å². The number of ether oxygens (including phenoxy) is 1. The van der Waals surface area contributed by atoms with Gasteiger partial charge in [-0.25, -0.2) is 9.97 Å². The van der Waals surface area contributed by atoms with E-state index in [0.717, 1.165) is 0 Å². The molecule has 1 aliphatic carbocycles. The van der Waals surface area contributed by atoms with Crippen molar-refractivity contribution in [3.63, 3.8) is 0 Å². The number of aliphatic hydroxyl groups excluding tert-OH is 1. The Morgan fingerprint density at radius 3 is 2.48 bits per heavy atom. The van der Waals surface area contributed by atoms with Gasteiger partial charge in [0, 0.05) is 18.8 Å². The lowest BCUT2D eigenvalue weighted by Gasteiger charge is -2.32.